The van der Waals surface area contributed by atoms with Crippen LogP contribution in [0.2, 0.25) is 0 Å². The van der Waals surface area contributed by atoms with E-state index in [0.29, 0.717) is 5.56 Å². The van der Waals surface area contributed by atoms with Crippen LogP contribution in [0.15, 0.2) is 30.3 Å². The molecule has 0 bridgehead atoms. The molecule has 0 radical (unpaired) electrons. The number of carboxylic acids is 1. The minimum Gasteiger partial charge on any atom is -0.481 e. The largest absolute Gasteiger partial charge is 0.481 e. The van der Waals surface area contributed by atoms with E-state index in [4.69, 9.17) is 4.74 Å². The summed E-state index contributed by atoms with van der Waals surface area (Å²) in [5.74, 6) is -1.24. The van der Waals surface area contributed by atoms with Gasteiger partial charge in [-0.25, -0.2) is 4.79 Å². The Labute approximate surface area is 172 Å². The van der Waals surface area contributed by atoms with Gasteiger partial charge in [-0.05, 0) is 64.5 Å². The molecular weight excluding hydrogens is 364 g/mol. The van der Waals surface area contributed by atoms with E-state index < -0.39 is 5.97 Å². The standard InChI is InChI=1S/C25H30O4/c1-15-7-8-16(14-20(26)27)13-18(15)21-17(23(28)29-6)9-10-19-22(21)25(4,5)12-11-24(19,2)3/h7-10,13H,11-12,14H2,1-6H3,(H,26,27). The van der Waals surface area contributed by atoms with Gasteiger partial charge in [-0.1, -0.05) is 52.0 Å². The highest BCUT2D eigenvalue weighted by Crippen LogP contribution is 2.50. The van der Waals surface area contributed by atoms with E-state index >= 15 is 0 Å². The molecule has 2 aromatic carbocycles. The normalized spacial score (nSPS) is 16.8. The lowest BCUT2D eigenvalue weighted by Gasteiger charge is -2.43. The van der Waals surface area contributed by atoms with Crippen molar-refractivity contribution in [3.63, 3.8) is 0 Å². The zero-order valence-corrected chi connectivity index (χ0v) is 18.2. The van der Waals surface area contributed by atoms with E-state index in [1.165, 1.54) is 18.2 Å². The first-order chi connectivity index (χ1) is 13.5. The van der Waals surface area contributed by atoms with E-state index in [9.17, 15) is 14.7 Å². The molecule has 4 heteroatoms. The van der Waals surface area contributed by atoms with Crippen LogP contribution in [0, 0.1) is 6.92 Å². The average Bonchev–Trinajstić information content (AvgIpc) is 2.65. The highest BCUT2D eigenvalue weighted by Gasteiger charge is 2.40. The Kier molecular flexibility index (Phi) is 5.33. The van der Waals surface area contributed by atoms with Crippen LogP contribution in [-0.4, -0.2) is 24.2 Å². The fraction of sp³-hybridized carbons (Fsp3) is 0.440. The fourth-order valence-corrected chi connectivity index (χ4v) is 4.54. The van der Waals surface area contributed by atoms with Crippen LogP contribution in [-0.2, 0) is 26.8 Å². The highest BCUT2D eigenvalue weighted by atomic mass is 16.5. The van der Waals surface area contributed by atoms with Gasteiger partial charge in [0.1, 0.15) is 0 Å². The van der Waals surface area contributed by atoms with Crippen molar-refractivity contribution >= 4 is 11.9 Å². The second-order valence-electron chi connectivity index (χ2n) is 9.39. The second-order valence-corrected chi connectivity index (χ2v) is 9.39. The Bertz CT molecular complexity index is 983. The summed E-state index contributed by atoms with van der Waals surface area (Å²) >= 11 is 0. The number of rotatable bonds is 4. The molecule has 0 atom stereocenters. The number of fused-ring (bicyclic) bond motifs is 1. The van der Waals surface area contributed by atoms with Crippen molar-refractivity contribution in [2.75, 3.05) is 7.11 Å². The van der Waals surface area contributed by atoms with Crippen LogP contribution in [0.3, 0.4) is 0 Å². The van der Waals surface area contributed by atoms with E-state index in [0.717, 1.165) is 35.1 Å². The summed E-state index contributed by atoms with van der Waals surface area (Å²) in [5, 5.41) is 9.25. The predicted octanol–water partition coefficient (Wildman–Crippen LogP) is 5.42. The topological polar surface area (TPSA) is 63.6 Å². The summed E-state index contributed by atoms with van der Waals surface area (Å²) in [4.78, 5) is 24.0. The van der Waals surface area contributed by atoms with Crippen molar-refractivity contribution < 1.29 is 19.4 Å². The molecule has 0 aliphatic heterocycles. The summed E-state index contributed by atoms with van der Waals surface area (Å²) in [5.41, 5.74) is 6.37. The van der Waals surface area contributed by atoms with Gasteiger partial charge in [-0.15, -0.1) is 0 Å². The van der Waals surface area contributed by atoms with Gasteiger partial charge in [0.15, 0.2) is 0 Å². The molecule has 2 aromatic rings. The monoisotopic (exact) mass is 394 g/mol. The minimum atomic E-state index is -0.871. The molecule has 0 fully saturated rings. The predicted molar refractivity (Wildman–Crippen MR) is 115 cm³/mol. The number of ether oxygens (including phenoxy) is 1. The molecule has 0 saturated carbocycles. The lowest BCUT2D eigenvalue weighted by molar-refractivity contribution is -0.136. The first kappa shape index (κ1) is 21.1. The van der Waals surface area contributed by atoms with Gasteiger partial charge < -0.3 is 9.84 Å². The third-order valence-corrected chi connectivity index (χ3v) is 6.32. The van der Waals surface area contributed by atoms with Crippen molar-refractivity contribution in [1.29, 1.82) is 0 Å². The van der Waals surface area contributed by atoms with Gasteiger partial charge in [0.05, 0.1) is 19.1 Å². The molecule has 0 amide bonds. The lowest BCUT2D eigenvalue weighted by Crippen LogP contribution is -2.35. The summed E-state index contributed by atoms with van der Waals surface area (Å²) in [6.45, 7) is 10.9. The molecule has 154 valence electrons. The molecule has 3 rings (SSSR count). The van der Waals surface area contributed by atoms with Crippen LogP contribution in [0.4, 0.5) is 0 Å². The first-order valence-electron chi connectivity index (χ1n) is 10.1. The Balaban J connectivity index is 2.41. The Hall–Kier alpha value is -2.62. The van der Waals surface area contributed by atoms with E-state index in [-0.39, 0.29) is 23.2 Å². The number of aliphatic carboxylic acids is 1. The molecule has 1 aliphatic carbocycles. The zero-order valence-electron chi connectivity index (χ0n) is 18.2. The van der Waals surface area contributed by atoms with Gasteiger partial charge in [0.2, 0.25) is 0 Å². The number of carbonyl (C=O) groups excluding carboxylic acids is 1. The van der Waals surface area contributed by atoms with Crippen molar-refractivity contribution in [3.05, 3.63) is 58.1 Å². The van der Waals surface area contributed by atoms with Crippen molar-refractivity contribution in [2.24, 2.45) is 0 Å². The number of methoxy groups -OCH3 is 1. The third kappa shape index (κ3) is 3.81. The molecule has 0 saturated heterocycles. The molecule has 1 aliphatic rings. The van der Waals surface area contributed by atoms with Crippen molar-refractivity contribution in [3.8, 4) is 11.1 Å². The lowest BCUT2D eigenvalue weighted by atomic mass is 9.61. The molecule has 29 heavy (non-hydrogen) atoms. The number of benzene rings is 2. The smallest absolute Gasteiger partial charge is 0.338 e. The number of aryl methyl sites for hydroxylation is 1. The number of carbonyl (C=O) groups is 2. The van der Waals surface area contributed by atoms with Crippen LogP contribution in [0.5, 0.6) is 0 Å². The van der Waals surface area contributed by atoms with Crippen molar-refractivity contribution in [1.82, 2.24) is 0 Å². The van der Waals surface area contributed by atoms with Gasteiger partial charge in [-0.2, -0.15) is 0 Å². The number of hydrogen-bond acceptors (Lipinski definition) is 3. The Morgan fingerprint density at radius 2 is 1.69 bits per heavy atom. The van der Waals surface area contributed by atoms with E-state index in [1.54, 1.807) is 0 Å². The molecule has 0 heterocycles. The van der Waals surface area contributed by atoms with E-state index in [1.807, 2.05) is 31.2 Å². The summed E-state index contributed by atoms with van der Waals surface area (Å²) in [6, 6.07) is 9.64. The van der Waals surface area contributed by atoms with E-state index in [2.05, 4.69) is 33.8 Å². The maximum absolute atomic E-state index is 12.7. The van der Waals surface area contributed by atoms with Crippen LogP contribution < -0.4 is 0 Å². The summed E-state index contributed by atoms with van der Waals surface area (Å²) in [7, 11) is 1.40. The highest BCUT2D eigenvalue weighted by molar-refractivity contribution is 5.99. The van der Waals surface area contributed by atoms with Crippen LogP contribution >= 0.6 is 0 Å². The zero-order chi connectivity index (χ0) is 21.6. The van der Waals surface area contributed by atoms with Gasteiger partial charge in [0.25, 0.3) is 0 Å². The number of hydrogen-bond donors (Lipinski definition) is 1. The Morgan fingerprint density at radius 1 is 1.03 bits per heavy atom. The quantitative estimate of drug-likeness (QED) is 0.703. The number of carboxylic acid groups (broad SMARTS) is 1. The second kappa shape index (κ2) is 7.33. The Morgan fingerprint density at radius 3 is 2.31 bits per heavy atom. The minimum absolute atomic E-state index is 0.000826. The first-order valence-corrected chi connectivity index (χ1v) is 10.1. The maximum Gasteiger partial charge on any atom is 0.338 e. The molecule has 0 aromatic heterocycles. The van der Waals surface area contributed by atoms with Gasteiger partial charge >= 0.3 is 11.9 Å². The van der Waals surface area contributed by atoms with Gasteiger partial charge in [-0.3, -0.25) is 4.79 Å². The fourth-order valence-electron chi connectivity index (χ4n) is 4.54. The van der Waals surface area contributed by atoms with Gasteiger partial charge in [0, 0.05) is 5.56 Å². The molecule has 4 nitrogen and oxygen atoms in total. The molecule has 1 N–H and O–H groups in total. The SMILES string of the molecule is COC(=O)c1ccc2c(c1-c1cc(CC(=O)O)ccc1C)C(C)(C)CCC2(C)C. The molecule has 0 spiro atoms. The van der Waals surface area contributed by atoms with Crippen LogP contribution in [0.25, 0.3) is 11.1 Å². The summed E-state index contributed by atoms with van der Waals surface area (Å²) in [6.07, 6.45) is 2.03. The van der Waals surface area contributed by atoms with Crippen molar-refractivity contribution in [2.45, 2.75) is 64.7 Å². The average molecular weight is 395 g/mol. The molecule has 0 unspecified atom stereocenters. The summed E-state index contributed by atoms with van der Waals surface area (Å²) < 4.78 is 5.11. The molecular formula is C25H30O4. The van der Waals surface area contributed by atoms with Crippen LogP contribution in [0.1, 0.15) is 73.1 Å². The maximum atomic E-state index is 12.7. The third-order valence-electron chi connectivity index (χ3n) is 6.32. The number of esters is 1.